The Morgan fingerprint density at radius 2 is 1.69 bits per heavy atom. The van der Waals surface area contributed by atoms with E-state index in [4.69, 9.17) is 4.74 Å². The number of sulfonamides is 1. The van der Waals surface area contributed by atoms with Gasteiger partial charge >= 0.3 is 0 Å². The number of unbranched alkanes of at least 4 members (excludes halogenated alkanes) is 3. The van der Waals surface area contributed by atoms with Gasteiger partial charge in [-0.05, 0) is 49.2 Å². The Morgan fingerprint density at radius 3 is 2.42 bits per heavy atom. The van der Waals surface area contributed by atoms with Crippen molar-refractivity contribution in [3.63, 3.8) is 0 Å². The van der Waals surface area contributed by atoms with Crippen LogP contribution in [0.5, 0.6) is 5.75 Å². The Bertz CT molecular complexity index is 909. The third kappa shape index (κ3) is 4.56. The molecule has 1 aliphatic rings. The molecule has 0 fully saturated rings. The van der Waals surface area contributed by atoms with Crippen molar-refractivity contribution in [1.82, 2.24) is 0 Å². The number of benzene rings is 2. The molecule has 4 nitrogen and oxygen atoms in total. The van der Waals surface area contributed by atoms with Crippen LogP contribution in [0.25, 0.3) is 0 Å². The van der Waals surface area contributed by atoms with Crippen LogP contribution in [0.2, 0.25) is 0 Å². The second-order valence-corrected chi connectivity index (χ2v) is 9.31. The van der Waals surface area contributed by atoms with Gasteiger partial charge in [0.25, 0.3) is 10.0 Å². The number of ether oxygens (including phenoxy) is 1. The Balaban J connectivity index is 1.68. The smallest absolute Gasteiger partial charge is 0.283 e. The van der Waals surface area contributed by atoms with Crippen molar-refractivity contribution in [2.45, 2.75) is 30.6 Å². The number of hydrogen-bond donors (Lipinski definition) is 0. The van der Waals surface area contributed by atoms with Crippen molar-refractivity contribution in [3.05, 3.63) is 58.1 Å². The lowest BCUT2D eigenvalue weighted by Crippen LogP contribution is -2.01. The molecule has 7 heteroatoms. The minimum atomic E-state index is -3.64. The Morgan fingerprint density at radius 1 is 0.962 bits per heavy atom. The summed E-state index contributed by atoms with van der Waals surface area (Å²) >= 11 is 6.74. The van der Waals surface area contributed by atoms with Crippen LogP contribution in [0.1, 0.15) is 36.8 Å². The van der Waals surface area contributed by atoms with Gasteiger partial charge in [0, 0.05) is 20.9 Å². The summed E-state index contributed by atoms with van der Waals surface area (Å²) in [6.07, 6.45) is 4.59. The third-order valence-corrected chi connectivity index (χ3v) is 6.48. The highest BCUT2D eigenvalue weighted by Crippen LogP contribution is 2.32. The van der Waals surface area contributed by atoms with E-state index >= 15 is 0 Å². The fourth-order valence-electron chi connectivity index (χ4n) is 2.78. The number of fused-ring (bicyclic) bond motifs is 1. The second-order valence-electron chi connectivity index (χ2n) is 6.03. The van der Waals surface area contributed by atoms with Gasteiger partial charge in [-0.2, -0.15) is 12.8 Å². The van der Waals surface area contributed by atoms with E-state index in [-0.39, 0.29) is 4.90 Å². The van der Waals surface area contributed by atoms with Crippen LogP contribution >= 0.6 is 31.9 Å². The van der Waals surface area contributed by atoms with Gasteiger partial charge in [-0.15, -0.1) is 0 Å². The summed E-state index contributed by atoms with van der Waals surface area (Å²) in [6, 6.07) is 12.6. The van der Waals surface area contributed by atoms with Crippen molar-refractivity contribution in [2.24, 2.45) is 4.40 Å². The topological polar surface area (TPSA) is 55.7 Å². The first-order valence-corrected chi connectivity index (χ1v) is 11.8. The molecule has 0 amide bonds. The average molecular weight is 501 g/mol. The highest BCUT2D eigenvalue weighted by atomic mass is 79.9. The molecule has 0 aromatic heterocycles. The van der Waals surface area contributed by atoms with Crippen molar-refractivity contribution in [3.8, 4) is 5.75 Å². The van der Waals surface area contributed by atoms with E-state index in [1.807, 2.05) is 30.3 Å². The third-order valence-electron chi connectivity index (χ3n) is 4.11. The first-order chi connectivity index (χ1) is 12.5. The van der Waals surface area contributed by atoms with E-state index < -0.39 is 10.0 Å². The highest BCUT2D eigenvalue weighted by molar-refractivity contribution is 9.10. The molecule has 0 atom stereocenters. The molecule has 0 N–H and O–H groups in total. The monoisotopic (exact) mass is 499 g/mol. The first kappa shape index (κ1) is 19.6. The van der Waals surface area contributed by atoms with E-state index in [0.29, 0.717) is 17.9 Å². The van der Waals surface area contributed by atoms with Crippen LogP contribution in [0.4, 0.5) is 0 Å². The van der Waals surface area contributed by atoms with Crippen LogP contribution in [-0.4, -0.2) is 26.1 Å². The number of hydrogen-bond acceptors (Lipinski definition) is 3. The molecule has 0 aliphatic carbocycles. The fourth-order valence-corrected chi connectivity index (χ4v) is 4.95. The quantitative estimate of drug-likeness (QED) is 0.364. The Hall–Kier alpha value is -1.18. The molecular formula is C19H19Br2NO3S. The van der Waals surface area contributed by atoms with Crippen molar-refractivity contribution >= 4 is 47.6 Å². The number of halogens is 2. The van der Waals surface area contributed by atoms with Crippen molar-refractivity contribution in [1.29, 1.82) is 0 Å². The molecule has 3 rings (SSSR count). The molecular weight excluding hydrogens is 482 g/mol. The van der Waals surface area contributed by atoms with Crippen LogP contribution in [0, 0.1) is 0 Å². The van der Waals surface area contributed by atoms with Crippen LogP contribution < -0.4 is 4.74 Å². The van der Waals surface area contributed by atoms with E-state index in [1.54, 1.807) is 12.1 Å². The minimum absolute atomic E-state index is 0.241. The molecule has 26 heavy (non-hydrogen) atoms. The molecule has 0 unspecified atom stereocenters. The lowest BCUT2D eigenvalue weighted by atomic mass is 10.0. The van der Waals surface area contributed by atoms with E-state index in [0.717, 1.165) is 34.0 Å². The molecule has 0 saturated carbocycles. The predicted molar refractivity (Wildman–Crippen MR) is 111 cm³/mol. The van der Waals surface area contributed by atoms with Gasteiger partial charge in [0.05, 0.1) is 17.2 Å². The van der Waals surface area contributed by atoms with E-state index in [9.17, 15) is 8.42 Å². The van der Waals surface area contributed by atoms with Gasteiger partial charge in [-0.1, -0.05) is 50.8 Å². The maximum Gasteiger partial charge on any atom is 0.283 e. The number of rotatable bonds is 8. The highest BCUT2D eigenvalue weighted by Gasteiger charge is 2.29. The molecule has 2 aromatic rings. The number of nitrogens with zero attached hydrogens (tertiary/aromatic N) is 1. The fraction of sp³-hybridized carbons (Fsp3) is 0.316. The molecule has 0 saturated heterocycles. The summed E-state index contributed by atoms with van der Waals surface area (Å²) in [5, 5.41) is 1.05. The van der Waals surface area contributed by atoms with Crippen LogP contribution in [0.3, 0.4) is 0 Å². The van der Waals surface area contributed by atoms with Gasteiger partial charge in [-0.25, -0.2) is 0 Å². The normalized spacial score (nSPS) is 14.8. The maximum atomic E-state index is 12.3. The molecule has 2 aromatic carbocycles. The molecule has 1 heterocycles. The Kier molecular flexibility index (Phi) is 6.53. The molecule has 0 bridgehead atoms. The summed E-state index contributed by atoms with van der Waals surface area (Å²) in [6.45, 7) is 0.688. The van der Waals surface area contributed by atoms with Gasteiger partial charge in [0.15, 0.2) is 0 Å². The lowest BCUT2D eigenvalue weighted by molar-refractivity contribution is 0.305. The SMILES string of the molecule is O=S1(=O)N=C(c2ccc(OCCCCCCBr)cc2)c2ccc(Br)cc21. The summed E-state index contributed by atoms with van der Waals surface area (Å²) in [4.78, 5) is 0.241. The van der Waals surface area contributed by atoms with E-state index in [2.05, 4.69) is 36.3 Å². The Labute approximate surface area is 171 Å². The van der Waals surface area contributed by atoms with Gasteiger partial charge in [0.1, 0.15) is 5.75 Å². The van der Waals surface area contributed by atoms with Crippen LogP contribution in [0.15, 0.2) is 56.2 Å². The second kappa shape index (κ2) is 8.67. The van der Waals surface area contributed by atoms with Gasteiger partial charge in [0.2, 0.25) is 0 Å². The molecule has 0 spiro atoms. The zero-order valence-electron chi connectivity index (χ0n) is 14.1. The first-order valence-electron chi connectivity index (χ1n) is 8.45. The molecule has 138 valence electrons. The van der Waals surface area contributed by atoms with E-state index in [1.165, 1.54) is 12.8 Å². The van der Waals surface area contributed by atoms with Gasteiger partial charge in [-0.3, -0.25) is 0 Å². The largest absolute Gasteiger partial charge is 0.494 e. The lowest BCUT2D eigenvalue weighted by Gasteiger charge is -2.07. The van der Waals surface area contributed by atoms with Crippen LogP contribution in [-0.2, 0) is 10.0 Å². The zero-order chi connectivity index (χ0) is 18.6. The molecule has 0 radical (unpaired) electrons. The summed E-state index contributed by atoms with van der Waals surface area (Å²) in [5.74, 6) is 0.784. The minimum Gasteiger partial charge on any atom is -0.494 e. The maximum absolute atomic E-state index is 12.3. The molecule has 1 aliphatic heterocycles. The summed E-state index contributed by atoms with van der Waals surface area (Å²) < 4.78 is 35.0. The standard InChI is InChI=1S/C19H19Br2NO3S/c20-11-3-1-2-4-12-25-16-8-5-14(6-9-16)19-17-10-7-15(21)13-18(17)26(23,24)22-19/h5-10,13H,1-4,11-12H2. The average Bonchev–Trinajstić information content (AvgIpc) is 2.89. The summed E-state index contributed by atoms with van der Waals surface area (Å²) in [5.41, 5.74) is 1.88. The van der Waals surface area contributed by atoms with Gasteiger partial charge < -0.3 is 4.74 Å². The van der Waals surface area contributed by atoms with Crippen molar-refractivity contribution < 1.29 is 13.2 Å². The predicted octanol–water partition coefficient (Wildman–Crippen LogP) is 5.32. The zero-order valence-corrected chi connectivity index (χ0v) is 18.1. The van der Waals surface area contributed by atoms with Crippen molar-refractivity contribution in [2.75, 3.05) is 11.9 Å². The number of alkyl halides is 1. The summed E-state index contributed by atoms with van der Waals surface area (Å²) in [7, 11) is -3.64.